The zero-order valence-electron chi connectivity index (χ0n) is 12.0. The average Bonchev–Trinajstić information content (AvgIpc) is 3.27. The van der Waals surface area contributed by atoms with Crippen LogP contribution in [0.5, 0.6) is 0 Å². The second-order valence-electron chi connectivity index (χ2n) is 5.27. The van der Waals surface area contributed by atoms with Crippen molar-refractivity contribution in [2.24, 2.45) is 0 Å². The van der Waals surface area contributed by atoms with E-state index < -0.39 is 34.6 Å². The Morgan fingerprint density at radius 1 is 1.45 bits per heavy atom. The van der Waals surface area contributed by atoms with Crippen LogP contribution in [0.3, 0.4) is 0 Å². The van der Waals surface area contributed by atoms with Gasteiger partial charge >= 0.3 is 0 Å². The highest BCUT2D eigenvalue weighted by molar-refractivity contribution is 7.90. The number of halogens is 1. The number of benzene rings is 1. The Morgan fingerprint density at radius 3 is 2.50 bits per heavy atom. The first kappa shape index (κ1) is 16.9. The van der Waals surface area contributed by atoms with Gasteiger partial charge in [-0.05, 0) is 17.7 Å². The van der Waals surface area contributed by atoms with Crippen LogP contribution < -0.4 is 5.32 Å². The van der Waals surface area contributed by atoms with Crippen LogP contribution in [0.4, 0.5) is 4.39 Å². The number of epoxide rings is 1. The minimum absolute atomic E-state index is 0.107. The van der Waals surface area contributed by atoms with E-state index in [0.29, 0.717) is 12.2 Å². The molecular weight excluding hydrogens is 313 g/mol. The largest absolute Gasteiger partial charge is 0.386 e. The molecule has 0 aliphatic carbocycles. The highest BCUT2D eigenvalue weighted by Gasteiger charge is 2.29. The molecule has 0 bridgehead atoms. The van der Waals surface area contributed by atoms with Gasteiger partial charge in [-0.2, -0.15) is 0 Å². The number of carbonyl (C=O) groups is 1. The Labute approximate surface area is 128 Å². The number of ether oxygens (including phenoxy) is 1. The molecule has 6 nitrogen and oxygen atoms in total. The fraction of sp³-hybridized carbons (Fsp3) is 0.500. The molecule has 1 fully saturated rings. The Kier molecular flexibility index (Phi) is 5.15. The zero-order chi connectivity index (χ0) is 16.3. The molecule has 1 aliphatic rings. The molecule has 8 heteroatoms. The lowest BCUT2D eigenvalue weighted by Gasteiger charge is -2.22. The minimum atomic E-state index is -3.34. The number of carbonyl (C=O) groups excluding carboxylic acids is 1. The van der Waals surface area contributed by atoms with Crippen molar-refractivity contribution in [2.75, 3.05) is 19.5 Å². The Hall–Kier alpha value is -1.51. The van der Waals surface area contributed by atoms with Gasteiger partial charge in [0, 0.05) is 6.26 Å². The first-order chi connectivity index (χ1) is 10.3. The second kappa shape index (κ2) is 6.72. The molecule has 2 rings (SSSR count). The number of hydrogen-bond acceptors (Lipinski definition) is 5. The monoisotopic (exact) mass is 331 g/mol. The van der Waals surface area contributed by atoms with Gasteiger partial charge in [0.1, 0.15) is 12.8 Å². The fourth-order valence-electron chi connectivity index (χ4n) is 2.00. The Balaban J connectivity index is 2.03. The number of alkyl halides is 1. The topological polar surface area (TPSA) is 96.0 Å². The third-order valence-electron chi connectivity index (χ3n) is 3.36. The average molecular weight is 331 g/mol. The van der Waals surface area contributed by atoms with E-state index in [1.165, 1.54) is 24.3 Å². The first-order valence-corrected chi connectivity index (χ1v) is 8.65. The summed E-state index contributed by atoms with van der Waals surface area (Å²) < 4.78 is 40.7. The van der Waals surface area contributed by atoms with Crippen molar-refractivity contribution in [3.63, 3.8) is 0 Å². The quantitative estimate of drug-likeness (QED) is 0.704. The van der Waals surface area contributed by atoms with E-state index in [-0.39, 0.29) is 17.4 Å². The summed E-state index contributed by atoms with van der Waals surface area (Å²) in [6, 6.07) is 4.39. The molecule has 0 saturated carbocycles. The van der Waals surface area contributed by atoms with E-state index in [1.54, 1.807) is 0 Å². The summed E-state index contributed by atoms with van der Waals surface area (Å²) in [6.07, 6.45) is -0.173. The highest BCUT2D eigenvalue weighted by atomic mass is 32.2. The molecule has 122 valence electrons. The van der Waals surface area contributed by atoms with Crippen LogP contribution in [0.1, 0.15) is 18.1 Å². The summed E-state index contributed by atoms with van der Waals surface area (Å²) in [7, 11) is -3.34. The summed E-state index contributed by atoms with van der Waals surface area (Å²) >= 11 is 0. The van der Waals surface area contributed by atoms with Crippen LogP contribution in [0.25, 0.3) is 0 Å². The van der Waals surface area contributed by atoms with E-state index >= 15 is 0 Å². The van der Waals surface area contributed by atoms with E-state index in [0.717, 1.165) is 6.26 Å². The summed E-state index contributed by atoms with van der Waals surface area (Å²) in [5.41, 5.74) is 0.332. The molecule has 0 radical (unpaired) electrons. The van der Waals surface area contributed by atoms with Crippen molar-refractivity contribution in [1.29, 1.82) is 0 Å². The lowest BCUT2D eigenvalue weighted by Crippen LogP contribution is -2.41. The molecule has 0 spiro atoms. The van der Waals surface area contributed by atoms with Crippen LogP contribution in [0, 0.1) is 0 Å². The zero-order valence-corrected chi connectivity index (χ0v) is 12.8. The molecular formula is C14H18FNO5S. The van der Waals surface area contributed by atoms with Gasteiger partial charge in [0.15, 0.2) is 9.84 Å². The summed E-state index contributed by atoms with van der Waals surface area (Å²) in [5.74, 6) is -0.392. The predicted octanol–water partition coefficient (Wildman–Crippen LogP) is 0.367. The lowest BCUT2D eigenvalue weighted by molar-refractivity contribution is -0.123. The number of rotatable bonds is 7. The number of aliphatic hydroxyl groups excluding tert-OH is 1. The molecule has 1 amide bonds. The van der Waals surface area contributed by atoms with Crippen molar-refractivity contribution in [3.8, 4) is 0 Å². The van der Waals surface area contributed by atoms with Gasteiger partial charge in [0.05, 0.1) is 30.1 Å². The van der Waals surface area contributed by atoms with Gasteiger partial charge in [-0.1, -0.05) is 12.1 Å². The van der Waals surface area contributed by atoms with Gasteiger partial charge in [-0.25, -0.2) is 12.8 Å². The third-order valence-corrected chi connectivity index (χ3v) is 4.49. The van der Waals surface area contributed by atoms with Crippen molar-refractivity contribution in [3.05, 3.63) is 29.8 Å². The van der Waals surface area contributed by atoms with E-state index in [4.69, 9.17) is 4.74 Å². The maximum Gasteiger partial charge on any atom is 0.223 e. The second-order valence-corrected chi connectivity index (χ2v) is 7.29. The summed E-state index contributed by atoms with van der Waals surface area (Å²) in [4.78, 5) is 11.7. The van der Waals surface area contributed by atoms with Crippen molar-refractivity contribution < 1.29 is 27.4 Å². The Bertz CT molecular complexity index is 627. The fourth-order valence-corrected chi connectivity index (χ4v) is 2.64. The van der Waals surface area contributed by atoms with Crippen molar-refractivity contribution >= 4 is 15.7 Å². The predicted molar refractivity (Wildman–Crippen MR) is 76.8 cm³/mol. The van der Waals surface area contributed by atoms with E-state index in [1.807, 2.05) is 0 Å². The number of hydrogen-bond donors (Lipinski definition) is 2. The van der Waals surface area contributed by atoms with E-state index in [2.05, 4.69) is 5.32 Å². The SMILES string of the molecule is CS(=O)(=O)c1ccc([C@@H](O)[C@@H](CF)NC(=O)CC2CO2)cc1. The number of sulfone groups is 1. The first-order valence-electron chi connectivity index (χ1n) is 6.76. The van der Waals surface area contributed by atoms with Crippen molar-refractivity contribution in [2.45, 2.75) is 29.6 Å². The normalized spacial score (nSPS) is 20.2. The smallest absolute Gasteiger partial charge is 0.223 e. The molecule has 22 heavy (non-hydrogen) atoms. The van der Waals surface area contributed by atoms with Crippen LogP contribution in [0.2, 0.25) is 0 Å². The number of amides is 1. The van der Waals surface area contributed by atoms with Gasteiger partial charge in [0.25, 0.3) is 0 Å². The van der Waals surface area contributed by atoms with Crippen LogP contribution in [0.15, 0.2) is 29.2 Å². The molecule has 1 saturated heterocycles. The van der Waals surface area contributed by atoms with E-state index in [9.17, 15) is 22.7 Å². The van der Waals surface area contributed by atoms with Gasteiger partial charge < -0.3 is 15.2 Å². The van der Waals surface area contributed by atoms with Crippen LogP contribution >= 0.6 is 0 Å². The maximum absolute atomic E-state index is 13.1. The summed E-state index contributed by atoms with van der Waals surface area (Å²) in [5, 5.41) is 12.6. The van der Waals surface area contributed by atoms with Crippen molar-refractivity contribution in [1.82, 2.24) is 5.32 Å². The third kappa shape index (κ3) is 4.49. The Morgan fingerprint density at radius 2 is 2.05 bits per heavy atom. The number of aliphatic hydroxyl groups is 1. The summed E-state index contributed by atoms with van der Waals surface area (Å²) in [6.45, 7) is -0.421. The molecule has 1 heterocycles. The maximum atomic E-state index is 13.1. The molecule has 3 atom stereocenters. The van der Waals surface area contributed by atoms with Gasteiger partial charge in [0.2, 0.25) is 5.91 Å². The molecule has 1 aromatic carbocycles. The standard InChI is InChI=1S/C14H18FNO5S/c1-22(19,20)11-4-2-9(3-5-11)14(18)12(7-15)16-13(17)6-10-8-21-10/h2-5,10,12,14,18H,6-8H2,1H3,(H,16,17)/t10?,12-,14-/m1/s1. The van der Waals surface area contributed by atoms with Gasteiger partial charge in [-0.15, -0.1) is 0 Å². The van der Waals surface area contributed by atoms with Gasteiger partial charge in [-0.3, -0.25) is 4.79 Å². The highest BCUT2D eigenvalue weighted by Crippen LogP contribution is 2.20. The van der Waals surface area contributed by atoms with Crippen LogP contribution in [-0.4, -0.2) is 51.1 Å². The molecule has 2 N–H and O–H groups in total. The molecule has 1 aliphatic heterocycles. The molecule has 1 aromatic rings. The minimum Gasteiger partial charge on any atom is -0.386 e. The number of nitrogens with one attached hydrogen (secondary N) is 1. The lowest BCUT2D eigenvalue weighted by atomic mass is 10.0. The molecule has 1 unspecified atom stereocenters. The van der Waals surface area contributed by atoms with Crippen LogP contribution in [-0.2, 0) is 19.4 Å². The molecule has 0 aromatic heterocycles.